The molecule has 4 nitrogen and oxygen atoms in total. The maximum Gasteiger partial charge on any atom is 0.214 e. The van der Waals surface area contributed by atoms with Crippen molar-refractivity contribution in [1.82, 2.24) is 4.31 Å². The van der Waals surface area contributed by atoms with E-state index in [1.54, 1.807) is 0 Å². The van der Waals surface area contributed by atoms with Crippen molar-refractivity contribution >= 4 is 15.8 Å². The van der Waals surface area contributed by atoms with Crippen molar-refractivity contribution in [3.05, 3.63) is 0 Å². The van der Waals surface area contributed by atoms with Gasteiger partial charge >= 0.3 is 0 Å². The summed E-state index contributed by atoms with van der Waals surface area (Å²) in [4.78, 5) is 11.8. The van der Waals surface area contributed by atoms with Gasteiger partial charge in [0.1, 0.15) is 0 Å². The third-order valence-corrected chi connectivity index (χ3v) is 5.18. The second-order valence-electron chi connectivity index (χ2n) is 5.56. The number of ketones is 1. The second-order valence-corrected chi connectivity index (χ2v) is 7.58. The number of rotatable bonds is 3. The monoisotopic (exact) mass is 247 g/mol. The van der Waals surface area contributed by atoms with E-state index in [0.29, 0.717) is 13.0 Å². The van der Waals surface area contributed by atoms with E-state index in [2.05, 4.69) is 0 Å². The first-order valence-electron chi connectivity index (χ1n) is 5.66. The van der Waals surface area contributed by atoms with E-state index >= 15 is 0 Å². The fraction of sp³-hybridized carbons (Fsp3) is 0.909. The Bertz CT molecular complexity index is 371. The molecule has 0 bridgehead atoms. The van der Waals surface area contributed by atoms with Gasteiger partial charge in [-0.1, -0.05) is 27.7 Å². The average Bonchev–Trinajstić information content (AvgIpc) is 2.07. The van der Waals surface area contributed by atoms with Crippen LogP contribution in [0.5, 0.6) is 0 Å². The van der Waals surface area contributed by atoms with Crippen molar-refractivity contribution in [2.45, 2.75) is 34.1 Å². The zero-order valence-corrected chi connectivity index (χ0v) is 11.3. The summed E-state index contributed by atoms with van der Waals surface area (Å²) in [5, 5.41) is 0. The Morgan fingerprint density at radius 1 is 1.38 bits per heavy atom. The van der Waals surface area contributed by atoms with Gasteiger partial charge < -0.3 is 0 Å². The molecule has 1 fully saturated rings. The number of carbonyl (C=O) groups is 1. The summed E-state index contributed by atoms with van der Waals surface area (Å²) in [6.07, 6.45) is 0.614. The maximum atomic E-state index is 11.9. The number of piperidine rings is 1. The molecule has 0 saturated carbocycles. The number of hydrogen-bond acceptors (Lipinski definition) is 3. The van der Waals surface area contributed by atoms with Gasteiger partial charge in [0.25, 0.3) is 0 Å². The smallest absolute Gasteiger partial charge is 0.214 e. The first-order chi connectivity index (χ1) is 7.15. The van der Waals surface area contributed by atoms with Gasteiger partial charge in [0, 0.05) is 12.0 Å². The summed E-state index contributed by atoms with van der Waals surface area (Å²) < 4.78 is 25.2. The quantitative estimate of drug-likeness (QED) is 0.754. The summed E-state index contributed by atoms with van der Waals surface area (Å²) in [7, 11) is -3.25. The highest BCUT2D eigenvalue weighted by Crippen LogP contribution is 2.28. The Hall–Kier alpha value is -0.420. The van der Waals surface area contributed by atoms with Gasteiger partial charge in [-0.05, 0) is 12.3 Å². The van der Waals surface area contributed by atoms with Crippen molar-refractivity contribution in [2.24, 2.45) is 11.3 Å². The molecule has 0 radical (unpaired) electrons. The molecule has 0 aromatic heterocycles. The zero-order valence-electron chi connectivity index (χ0n) is 10.5. The van der Waals surface area contributed by atoms with Gasteiger partial charge in [-0.25, -0.2) is 8.42 Å². The van der Waals surface area contributed by atoms with E-state index in [1.807, 2.05) is 27.7 Å². The fourth-order valence-corrected chi connectivity index (χ4v) is 3.50. The van der Waals surface area contributed by atoms with Crippen LogP contribution in [0.25, 0.3) is 0 Å². The van der Waals surface area contributed by atoms with Crippen molar-refractivity contribution in [3.63, 3.8) is 0 Å². The summed E-state index contributed by atoms with van der Waals surface area (Å²) in [6.45, 7) is 8.00. The van der Waals surface area contributed by atoms with Gasteiger partial charge in [-0.2, -0.15) is 4.31 Å². The number of hydrogen-bond donors (Lipinski definition) is 0. The van der Waals surface area contributed by atoms with E-state index in [9.17, 15) is 13.2 Å². The molecule has 0 aromatic rings. The SMILES string of the molecule is CC(C)CS(=O)(=O)N1CCC(C)(C)C(=O)C1. The lowest BCUT2D eigenvalue weighted by molar-refractivity contribution is -0.130. The molecular weight excluding hydrogens is 226 g/mol. The van der Waals surface area contributed by atoms with Crippen LogP contribution in [-0.4, -0.2) is 37.3 Å². The van der Waals surface area contributed by atoms with Crippen LogP contribution in [0.2, 0.25) is 0 Å². The number of Topliss-reactive ketones (excluding diaryl/α,β-unsaturated/α-hetero) is 1. The summed E-state index contributed by atoms with van der Waals surface area (Å²) in [6, 6.07) is 0. The molecule has 0 unspecified atom stereocenters. The molecule has 1 rings (SSSR count). The van der Waals surface area contributed by atoms with Gasteiger partial charge in [0.05, 0.1) is 12.3 Å². The molecule has 94 valence electrons. The van der Waals surface area contributed by atoms with E-state index in [-0.39, 0.29) is 29.4 Å². The third-order valence-electron chi connectivity index (χ3n) is 3.00. The normalized spacial score (nSPS) is 22.7. The highest BCUT2D eigenvalue weighted by molar-refractivity contribution is 7.89. The highest BCUT2D eigenvalue weighted by atomic mass is 32.2. The molecule has 1 aliphatic heterocycles. The van der Waals surface area contributed by atoms with Crippen LogP contribution in [-0.2, 0) is 14.8 Å². The molecule has 1 heterocycles. The Morgan fingerprint density at radius 3 is 2.38 bits per heavy atom. The second kappa shape index (κ2) is 4.45. The van der Waals surface area contributed by atoms with E-state index < -0.39 is 10.0 Å². The van der Waals surface area contributed by atoms with Crippen LogP contribution in [0.3, 0.4) is 0 Å². The van der Waals surface area contributed by atoms with Crippen LogP contribution in [0.15, 0.2) is 0 Å². The van der Waals surface area contributed by atoms with E-state index in [4.69, 9.17) is 0 Å². The van der Waals surface area contributed by atoms with Crippen LogP contribution >= 0.6 is 0 Å². The van der Waals surface area contributed by atoms with Crippen molar-refractivity contribution in [3.8, 4) is 0 Å². The van der Waals surface area contributed by atoms with Crippen LogP contribution < -0.4 is 0 Å². The Kier molecular flexibility index (Phi) is 3.80. The summed E-state index contributed by atoms with van der Waals surface area (Å²) >= 11 is 0. The molecule has 0 amide bonds. The summed E-state index contributed by atoms with van der Waals surface area (Å²) in [5.74, 6) is 0.238. The molecule has 1 saturated heterocycles. The van der Waals surface area contributed by atoms with E-state index in [0.717, 1.165) is 0 Å². The minimum atomic E-state index is -3.25. The molecule has 0 atom stereocenters. The molecule has 5 heteroatoms. The van der Waals surface area contributed by atoms with E-state index in [1.165, 1.54) is 4.31 Å². The van der Waals surface area contributed by atoms with Crippen molar-refractivity contribution in [2.75, 3.05) is 18.8 Å². The van der Waals surface area contributed by atoms with Crippen molar-refractivity contribution < 1.29 is 13.2 Å². The molecule has 16 heavy (non-hydrogen) atoms. The topological polar surface area (TPSA) is 54.5 Å². The average molecular weight is 247 g/mol. The fourth-order valence-electron chi connectivity index (χ4n) is 1.76. The predicted molar refractivity (Wildman–Crippen MR) is 63.6 cm³/mol. The minimum absolute atomic E-state index is 0.0195. The van der Waals surface area contributed by atoms with Gasteiger partial charge in [0.15, 0.2) is 5.78 Å². The van der Waals surface area contributed by atoms with Crippen molar-refractivity contribution in [1.29, 1.82) is 0 Å². The number of sulfonamides is 1. The first kappa shape index (κ1) is 13.6. The maximum absolute atomic E-state index is 11.9. The lowest BCUT2D eigenvalue weighted by Gasteiger charge is -2.35. The standard InChI is InChI=1S/C11H21NO3S/c1-9(2)8-16(14,15)12-6-5-11(3,4)10(13)7-12/h9H,5-8H2,1-4H3. The van der Waals surface area contributed by atoms with Crippen LogP contribution in [0, 0.1) is 11.3 Å². The first-order valence-corrected chi connectivity index (χ1v) is 7.27. The molecule has 0 spiro atoms. The Labute approximate surface area is 98.1 Å². The lowest BCUT2D eigenvalue weighted by atomic mass is 9.82. The Morgan fingerprint density at radius 2 is 1.94 bits per heavy atom. The predicted octanol–water partition coefficient (Wildman–Crippen LogP) is 1.27. The molecule has 1 aliphatic rings. The minimum Gasteiger partial charge on any atom is -0.298 e. The molecule has 0 aromatic carbocycles. The number of carbonyl (C=O) groups excluding carboxylic acids is 1. The summed E-state index contributed by atoms with van der Waals surface area (Å²) in [5.41, 5.74) is -0.371. The van der Waals surface area contributed by atoms with Crippen LogP contribution in [0.4, 0.5) is 0 Å². The van der Waals surface area contributed by atoms with Gasteiger partial charge in [0.2, 0.25) is 10.0 Å². The largest absolute Gasteiger partial charge is 0.298 e. The third kappa shape index (κ3) is 3.04. The molecule has 0 aliphatic carbocycles. The molecule has 0 N–H and O–H groups in total. The zero-order chi connectivity index (χ0) is 12.6. The number of nitrogens with zero attached hydrogens (tertiary/aromatic N) is 1. The van der Waals surface area contributed by atoms with Crippen LogP contribution in [0.1, 0.15) is 34.1 Å². The van der Waals surface area contributed by atoms with Gasteiger partial charge in [-0.3, -0.25) is 4.79 Å². The lowest BCUT2D eigenvalue weighted by Crippen LogP contribution is -2.48. The Balaban J connectivity index is 2.76. The molecular formula is C11H21NO3S. The van der Waals surface area contributed by atoms with Gasteiger partial charge in [-0.15, -0.1) is 0 Å². The highest BCUT2D eigenvalue weighted by Gasteiger charge is 2.38.